The van der Waals surface area contributed by atoms with E-state index in [9.17, 15) is 18.4 Å². The molecular weight excluding hydrogens is 368 g/mol. The Bertz CT molecular complexity index is 1030. The zero-order chi connectivity index (χ0) is 20.1. The topological polar surface area (TPSA) is 73.2 Å². The van der Waals surface area contributed by atoms with Crippen LogP contribution in [0.4, 0.5) is 8.78 Å². The Morgan fingerprint density at radius 3 is 2.29 bits per heavy atom. The summed E-state index contributed by atoms with van der Waals surface area (Å²) in [5.41, 5.74) is 0.144. The van der Waals surface area contributed by atoms with Crippen LogP contribution in [-0.4, -0.2) is 22.3 Å². The molecule has 3 rings (SSSR count). The van der Waals surface area contributed by atoms with Gasteiger partial charge >= 0.3 is 0 Å². The van der Waals surface area contributed by atoms with Crippen molar-refractivity contribution < 1.29 is 18.3 Å². The minimum atomic E-state index is -0.687. The lowest BCUT2D eigenvalue weighted by atomic mass is 10.2. The quantitative estimate of drug-likeness (QED) is 0.708. The van der Waals surface area contributed by atoms with Crippen LogP contribution in [0.25, 0.3) is 5.69 Å². The molecule has 0 aliphatic carbocycles. The van der Waals surface area contributed by atoms with Crippen LogP contribution < -0.4 is 15.5 Å². The van der Waals surface area contributed by atoms with Crippen molar-refractivity contribution in [1.82, 2.24) is 15.1 Å². The molecule has 144 valence electrons. The molecule has 0 fully saturated rings. The van der Waals surface area contributed by atoms with E-state index in [4.69, 9.17) is 4.74 Å². The highest BCUT2D eigenvalue weighted by Crippen LogP contribution is 2.16. The normalized spacial score (nSPS) is 10.5. The first-order chi connectivity index (χ1) is 13.5. The molecule has 0 saturated heterocycles. The van der Waals surface area contributed by atoms with E-state index in [1.165, 1.54) is 53.2 Å². The molecule has 1 heterocycles. The molecule has 8 heteroatoms. The summed E-state index contributed by atoms with van der Waals surface area (Å²) in [5.74, 6) is -1.37. The van der Waals surface area contributed by atoms with Crippen LogP contribution in [0.1, 0.15) is 23.0 Å². The highest BCUT2D eigenvalue weighted by Gasteiger charge is 2.17. The van der Waals surface area contributed by atoms with Crippen molar-refractivity contribution in [1.29, 1.82) is 0 Å². The maximum atomic E-state index is 13.2. The number of carbonyl (C=O) groups is 1. The van der Waals surface area contributed by atoms with Crippen molar-refractivity contribution in [2.24, 2.45) is 0 Å². The van der Waals surface area contributed by atoms with E-state index in [-0.39, 0.29) is 30.5 Å². The first-order valence-corrected chi connectivity index (χ1v) is 8.53. The van der Waals surface area contributed by atoms with Gasteiger partial charge in [0.2, 0.25) is 11.3 Å². The van der Waals surface area contributed by atoms with Gasteiger partial charge in [-0.25, -0.2) is 13.5 Å². The Hall–Kier alpha value is -3.55. The fourth-order valence-corrected chi connectivity index (χ4v) is 2.48. The number of hydrogen-bond donors (Lipinski definition) is 1. The maximum Gasteiger partial charge on any atom is 0.276 e. The van der Waals surface area contributed by atoms with E-state index >= 15 is 0 Å². The van der Waals surface area contributed by atoms with Gasteiger partial charge in [-0.05, 0) is 48.9 Å². The van der Waals surface area contributed by atoms with Gasteiger partial charge in [0, 0.05) is 6.54 Å². The molecule has 0 radical (unpaired) electrons. The largest absolute Gasteiger partial charge is 0.478 e. The van der Waals surface area contributed by atoms with E-state index in [2.05, 4.69) is 10.4 Å². The Morgan fingerprint density at radius 2 is 1.68 bits per heavy atom. The standard InChI is InChI=1S/C20H17F2N3O3/c1-2-28-18-11-17(26)19(24-25(18)16-9-7-15(22)8-10-16)20(27)23-12-13-3-5-14(21)6-4-13/h3-11H,2,12H2,1H3,(H,23,27). The molecule has 1 amide bonds. The van der Waals surface area contributed by atoms with Gasteiger partial charge < -0.3 is 10.1 Å². The minimum Gasteiger partial charge on any atom is -0.478 e. The summed E-state index contributed by atoms with van der Waals surface area (Å²) in [7, 11) is 0. The van der Waals surface area contributed by atoms with E-state index in [1.54, 1.807) is 6.92 Å². The van der Waals surface area contributed by atoms with E-state index < -0.39 is 17.2 Å². The minimum absolute atomic E-state index is 0.101. The monoisotopic (exact) mass is 385 g/mol. The van der Waals surface area contributed by atoms with Crippen LogP contribution in [0.2, 0.25) is 0 Å². The number of halogens is 2. The van der Waals surface area contributed by atoms with Crippen molar-refractivity contribution in [3.05, 3.63) is 87.7 Å². The van der Waals surface area contributed by atoms with Crippen LogP contribution in [0.5, 0.6) is 5.88 Å². The summed E-state index contributed by atoms with van der Waals surface area (Å²) in [6.07, 6.45) is 0. The van der Waals surface area contributed by atoms with Gasteiger partial charge in [0.25, 0.3) is 5.91 Å². The zero-order valence-corrected chi connectivity index (χ0v) is 15.0. The summed E-state index contributed by atoms with van der Waals surface area (Å²) in [6.45, 7) is 2.12. The van der Waals surface area contributed by atoms with Crippen molar-refractivity contribution in [2.75, 3.05) is 6.61 Å². The summed E-state index contributed by atoms with van der Waals surface area (Å²) in [4.78, 5) is 24.8. The third-order valence-electron chi connectivity index (χ3n) is 3.84. The molecule has 1 N–H and O–H groups in total. The van der Waals surface area contributed by atoms with Gasteiger partial charge in [0.05, 0.1) is 18.4 Å². The van der Waals surface area contributed by atoms with Gasteiger partial charge in [-0.1, -0.05) is 12.1 Å². The van der Waals surface area contributed by atoms with E-state index in [1.807, 2.05) is 0 Å². The number of benzene rings is 2. The number of amides is 1. The van der Waals surface area contributed by atoms with Crippen molar-refractivity contribution in [2.45, 2.75) is 13.5 Å². The number of rotatable bonds is 6. The molecule has 0 bridgehead atoms. The smallest absolute Gasteiger partial charge is 0.276 e. The fourth-order valence-electron chi connectivity index (χ4n) is 2.48. The Balaban J connectivity index is 1.90. The van der Waals surface area contributed by atoms with Gasteiger partial charge in [-0.2, -0.15) is 5.10 Å². The highest BCUT2D eigenvalue weighted by molar-refractivity contribution is 5.92. The SMILES string of the molecule is CCOc1cc(=O)c(C(=O)NCc2ccc(F)cc2)nn1-c1ccc(F)cc1. The third kappa shape index (κ3) is 4.40. The zero-order valence-electron chi connectivity index (χ0n) is 15.0. The first-order valence-electron chi connectivity index (χ1n) is 8.53. The molecule has 0 spiro atoms. The second kappa shape index (κ2) is 8.43. The Kier molecular flexibility index (Phi) is 5.78. The molecule has 1 aromatic heterocycles. The van der Waals surface area contributed by atoms with Crippen LogP contribution in [-0.2, 0) is 6.54 Å². The molecule has 28 heavy (non-hydrogen) atoms. The first kappa shape index (κ1) is 19.2. The molecule has 0 aliphatic heterocycles. The number of hydrogen-bond acceptors (Lipinski definition) is 4. The highest BCUT2D eigenvalue weighted by atomic mass is 19.1. The predicted molar refractivity (Wildman–Crippen MR) is 98.5 cm³/mol. The second-order valence-electron chi connectivity index (χ2n) is 5.83. The number of carbonyl (C=O) groups excluding carboxylic acids is 1. The molecular formula is C20H17F2N3O3. The van der Waals surface area contributed by atoms with Gasteiger partial charge in [0.15, 0.2) is 5.69 Å². The average molecular weight is 385 g/mol. The van der Waals surface area contributed by atoms with Crippen molar-refractivity contribution in [3.63, 3.8) is 0 Å². The average Bonchev–Trinajstić information content (AvgIpc) is 2.68. The Morgan fingerprint density at radius 1 is 1.07 bits per heavy atom. The number of aromatic nitrogens is 2. The van der Waals surface area contributed by atoms with Crippen LogP contribution >= 0.6 is 0 Å². The van der Waals surface area contributed by atoms with Crippen molar-refractivity contribution in [3.8, 4) is 11.6 Å². The molecule has 0 atom stereocenters. The number of ether oxygens (including phenoxy) is 1. The van der Waals surface area contributed by atoms with Gasteiger partial charge in [-0.15, -0.1) is 0 Å². The van der Waals surface area contributed by atoms with Crippen LogP contribution in [0.15, 0.2) is 59.4 Å². The molecule has 0 saturated carbocycles. The summed E-state index contributed by atoms with van der Waals surface area (Å²) >= 11 is 0. The summed E-state index contributed by atoms with van der Waals surface area (Å²) < 4.78 is 32.8. The van der Waals surface area contributed by atoms with Gasteiger partial charge in [0.1, 0.15) is 11.6 Å². The Labute approximate surface area is 159 Å². The van der Waals surface area contributed by atoms with Gasteiger partial charge in [-0.3, -0.25) is 9.59 Å². The van der Waals surface area contributed by atoms with Crippen LogP contribution in [0.3, 0.4) is 0 Å². The maximum absolute atomic E-state index is 13.2. The lowest BCUT2D eigenvalue weighted by molar-refractivity contribution is 0.0942. The lowest BCUT2D eigenvalue weighted by Gasteiger charge is -2.13. The van der Waals surface area contributed by atoms with E-state index in [0.717, 1.165) is 6.07 Å². The second-order valence-corrected chi connectivity index (χ2v) is 5.83. The lowest BCUT2D eigenvalue weighted by Crippen LogP contribution is -2.31. The van der Waals surface area contributed by atoms with E-state index in [0.29, 0.717) is 11.3 Å². The molecule has 0 aliphatic rings. The third-order valence-corrected chi connectivity index (χ3v) is 3.84. The summed E-state index contributed by atoms with van der Waals surface area (Å²) in [6, 6.07) is 12.1. The predicted octanol–water partition coefficient (Wildman–Crippen LogP) is 2.84. The summed E-state index contributed by atoms with van der Waals surface area (Å²) in [5, 5.41) is 6.68. The van der Waals surface area contributed by atoms with Crippen LogP contribution in [0, 0.1) is 11.6 Å². The number of nitrogens with zero attached hydrogens (tertiary/aromatic N) is 2. The molecule has 6 nitrogen and oxygen atoms in total. The number of nitrogens with one attached hydrogen (secondary N) is 1. The molecule has 3 aromatic rings. The molecule has 0 unspecified atom stereocenters. The fraction of sp³-hybridized carbons (Fsp3) is 0.150. The van der Waals surface area contributed by atoms with Crippen molar-refractivity contribution >= 4 is 5.91 Å². The molecule has 2 aromatic carbocycles.